The summed E-state index contributed by atoms with van der Waals surface area (Å²) in [5.41, 5.74) is 0.805. The Kier molecular flexibility index (Phi) is 5.41. The lowest BCUT2D eigenvalue weighted by Crippen LogP contribution is -2.25. The Morgan fingerprint density at radius 3 is 2.62 bits per heavy atom. The second-order valence-corrected chi connectivity index (χ2v) is 4.86. The molecule has 24 heavy (non-hydrogen) atoms. The molecule has 8 heteroatoms. The summed E-state index contributed by atoms with van der Waals surface area (Å²) in [7, 11) is 2.85. The fraction of sp³-hybridized carbons (Fsp3) is 0.312. The van der Waals surface area contributed by atoms with E-state index in [4.69, 9.17) is 14.2 Å². The molecule has 128 valence electrons. The van der Waals surface area contributed by atoms with Crippen molar-refractivity contribution >= 4 is 24.0 Å². The van der Waals surface area contributed by atoms with Gasteiger partial charge in [0.05, 0.1) is 13.7 Å². The molecule has 1 heterocycles. The number of hydrogen-bond donors (Lipinski definition) is 1. The third kappa shape index (κ3) is 3.83. The molecule has 1 aromatic carbocycles. The summed E-state index contributed by atoms with van der Waals surface area (Å²) in [6, 6.07) is 4.43. The van der Waals surface area contributed by atoms with Crippen molar-refractivity contribution in [1.82, 2.24) is 10.2 Å². The first-order valence-corrected chi connectivity index (χ1v) is 7.23. The van der Waals surface area contributed by atoms with Crippen molar-refractivity contribution in [1.29, 1.82) is 0 Å². The van der Waals surface area contributed by atoms with Crippen molar-refractivity contribution in [3.8, 4) is 11.5 Å². The minimum absolute atomic E-state index is 0.171. The topological polar surface area (TPSA) is 94.2 Å². The number of amides is 3. The van der Waals surface area contributed by atoms with Crippen LogP contribution in [0.2, 0.25) is 0 Å². The maximum Gasteiger partial charge on any atom is 0.344 e. The molecule has 0 saturated carbocycles. The zero-order chi connectivity index (χ0) is 17.7. The summed E-state index contributed by atoms with van der Waals surface area (Å²) in [4.78, 5) is 35.6. The lowest BCUT2D eigenvalue weighted by Gasteiger charge is -2.11. The number of carbonyl (C=O) groups is 3. The molecule has 1 aliphatic rings. The largest absolute Gasteiger partial charge is 0.493 e. The summed E-state index contributed by atoms with van der Waals surface area (Å²) < 4.78 is 15.4. The second-order valence-electron chi connectivity index (χ2n) is 4.86. The first-order valence-electron chi connectivity index (χ1n) is 7.23. The van der Waals surface area contributed by atoms with E-state index in [2.05, 4.69) is 5.32 Å². The average Bonchev–Trinajstić information content (AvgIpc) is 2.80. The molecule has 0 radical (unpaired) electrons. The molecule has 1 fully saturated rings. The van der Waals surface area contributed by atoms with Crippen LogP contribution in [0.15, 0.2) is 23.9 Å². The molecular formula is C16H18N2O6. The molecular weight excluding hydrogens is 316 g/mol. The van der Waals surface area contributed by atoms with Crippen molar-refractivity contribution < 1.29 is 28.6 Å². The van der Waals surface area contributed by atoms with E-state index in [1.54, 1.807) is 25.1 Å². The molecule has 0 bridgehead atoms. The number of nitrogens with zero attached hydrogens (tertiary/aromatic N) is 1. The van der Waals surface area contributed by atoms with Crippen molar-refractivity contribution in [2.24, 2.45) is 0 Å². The number of benzene rings is 1. The van der Waals surface area contributed by atoms with Gasteiger partial charge < -0.3 is 19.5 Å². The number of carbonyl (C=O) groups excluding carboxylic acids is 3. The van der Waals surface area contributed by atoms with E-state index in [0.29, 0.717) is 17.1 Å². The van der Waals surface area contributed by atoms with Crippen LogP contribution in [0.5, 0.6) is 11.5 Å². The minimum Gasteiger partial charge on any atom is -0.493 e. The van der Waals surface area contributed by atoms with Crippen LogP contribution in [-0.4, -0.2) is 50.2 Å². The SMILES string of the molecule is CCOC(=O)COc1ccc(/C=C2/NC(=O)N(C)C2=O)cc1OC. The van der Waals surface area contributed by atoms with Crippen LogP contribution in [0.4, 0.5) is 4.79 Å². The van der Waals surface area contributed by atoms with Gasteiger partial charge in [0.2, 0.25) is 0 Å². The van der Waals surface area contributed by atoms with Crippen LogP contribution in [0.25, 0.3) is 6.08 Å². The molecule has 1 saturated heterocycles. The predicted molar refractivity (Wildman–Crippen MR) is 84.4 cm³/mol. The monoisotopic (exact) mass is 334 g/mol. The molecule has 0 atom stereocenters. The van der Waals surface area contributed by atoms with Gasteiger partial charge in [0.25, 0.3) is 5.91 Å². The predicted octanol–water partition coefficient (Wildman–Crippen LogP) is 1.16. The van der Waals surface area contributed by atoms with Crippen LogP contribution >= 0.6 is 0 Å². The van der Waals surface area contributed by atoms with E-state index in [0.717, 1.165) is 4.90 Å². The lowest BCUT2D eigenvalue weighted by atomic mass is 10.1. The number of ether oxygens (including phenoxy) is 3. The average molecular weight is 334 g/mol. The van der Waals surface area contributed by atoms with Crippen molar-refractivity contribution in [2.45, 2.75) is 6.92 Å². The number of likely N-dealkylation sites (N-methyl/N-ethyl adjacent to an activating group) is 1. The Hall–Kier alpha value is -3.03. The fourth-order valence-corrected chi connectivity index (χ4v) is 2.02. The second kappa shape index (κ2) is 7.49. The normalized spacial score (nSPS) is 15.5. The number of esters is 1. The highest BCUT2D eigenvalue weighted by Crippen LogP contribution is 2.29. The number of nitrogens with one attached hydrogen (secondary N) is 1. The Morgan fingerprint density at radius 1 is 1.29 bits per heavy atom. The molecule has 2 rings (SSSR count). The zero-order valence-electron chi connectivity index (χ0n) is 13.6. The van der Waals surface area contributed by atoms with Gasteiger partial charge in [0.1, 0.15) is 5.70 Å². The fourth-order valence-electron chi connectivity index (χ4n) is 2.02. The van der Waals surface area contributed by atoms with E-state index in [1.165, 1.54) is 20.2 Å². The minimum atomic E-state index is -0.479. The summed E-state index contributed by atoms with van der Waals surface area (Å²) in [6.07, 6.45) is 1.53. The number of imide groups is 1. The van der Waals surface area contributed by atoms with Gasteiger partial charge in [-0.2, -0.15) is 0 Å². The first kappa shape index (κ1) is 17.3. The van der Waals surface area contributed by atoms with E-state index in [9.17, 15) is 14.4 Å². The van der Waals surface area contributed by atoms with Gasteiger partial charge in [-0.3, -0.25) is 9.69 Å². The number of urea groups is 1. The smallest absolute Gasteiger partial charge is 0.344 e. The molecule has 1 aliphatic heterocycles. The number of methoxy groups -OCH3 is 1. The molecule has 0 unspecified atom stereocenters. The van der Waals surface area contributed by atoms with Gasteiger partial charge in [0.15, 0.2) is 18.1 Å². The third-order valence-corrected chi connectivity index (χ3v) is 3.23. The molecule has 1 aromatic rings. The molecule has 0 spiro atoms. The molecule has 0 aliphatic carbocycles. The molecule has 8 nitrogen and oxygen atoms in total. The van der Waals surface area contributed by atoms with Crippen molar-refractivity contribution in [2.75, 3.05) is 27.4 Å². The summed E-state index contributed by atoms with van der Waals surface area (Å²) in [5, 5.41) is 2.47. The van der Waals surface area contributed by atoms with Gasteiger partial charge in [-0.15, -0.1) is 0 Å². The van der Waals surface area contributed by atoms with Crippen LogP contribution in [0.3, 0.4) is 0 Å². The summed E-state index contributed by atoms with van der Waals surface area (Å²) in [5.74, 6) is -0.139. The van der Waals surface area contributed by atoms with E-state index >= 15 is 0 Å². The standard InChI is InChI=1S/C16H18N2O6/c1-4-23-14(19)9-24-12-6-5-10(8-13(12)22-3)7-11-15(20)18(2)16(21)17-11/h5-8H,4,9H2,1-3H3,(H,17,21)/b11-7+. The molecule has 0 aromatic heterocycles. The maximum absolute atomic E-state index is 11.8. The van der Waals surface area contributed by atoms with Crippen LogP contribution < -0.4 is 14.8 Å². The molecule has 1 N–H and O–H groups in total. The van der Waals surface area contributed by atoms with Gasteiger partial charge >= 0.3 is 12.0 Å². The van der Waals surface area contributed by atoms with Gasteiger partial charge in [-0.1, -0.05) is 6.07 Å². The quantitative estimate of drug-likeness (QED) is 0.477. The Morgan fingerprint density at radius 2 is 2.04 bits per heavy atom. The Balaban J connectivity index is 2.16. The van der Waals surface area contributed by atoms with Crippen LogP contribution in [0.1, 0.15) is 12.5 Å². The van der Waals surface area contributed by atoms with E-state index in [1.807, 2.05) is 0 Å². The van der Waals surface area contributed by atoms with E-state index < -0.39 is 17.9 Å². The Bertz CT molecular complexity index is 698. The maximum atomic E-state index is 11.8. The number of rotatable bonds is 6. The summed E-state index contributed by atoms with van der Waals surface area (Å²) in [6.45, 7) is 1.76. The van der Waals surface area contributed by atoms with Gasteiger partial charge in [0, 0.05) is 7.05 Å². The van der Waals surface area contributed by atoms with Crippen molar-refractivity contribution in [3.63, 3.8) is 0 Å². The highest BCUT2D eigenvalue weighted by Gasteiger charge is 2.29. The Labute approximate surface area is 139 Å². The summed E-state index contributed by atoms with van der Waals surface area (Å²) >= 11 is 0. The number of hydrogen-bond acceptors (Lipinski definition) is 6. The molecule has 3 amide bonds. The lowest BCUT2D eigenvalue weighted by molar-refractivity contribution is -0.145. The highest BCUT2D eigenvalue weighted by molar-refractivity contribution is 6.13. The third-order valence-electron chi connectivity index (χ3n) is 3.23. The zero-order valence-corrected chi connectivity index (χ0v) is 13.6. The van der Waals surface area contributed by atoms with E-state index in [-0.39, 0.29) is 18.9 Å². The van der Waals surface area contributed by atoms with Gasteiger partial charge in [-0.05, 0) is 30.7 Å². The van der Waals surface area contributed by atoms with Gasteiger partial charge in [-0.25, -0.2) is 9.59 Å². The van der Waals surface area contributed by atoms with Crippen LogP contribution in [0, 0.1) is 0 Å². The first-order chi connectivity index (χ1) is 11.5. The highest BCUT2D eigenvalue weighted by atomic mass is 16.6. The van der Waals surface area contributed by atoms with Crippen LogP contribution in [-0.2, 0) is 14.3 Å². The van der Waals surface area contributed by atoms with Crippen molar-refractivity contribution in [3.05, 3.63) is 29.5 Å².